The van der Waals surface area contributed by atoms with E-state index in [0.29, 0.717) is 17.8 Å². The largest absolute Gasteiger partial charge is 0.324 e. The molecule has 0 radical (unpaired) electrons. The number of aromatic nitrogens is 3. The highest BCUT2D eigenvalue weighted by Crippen LogP contribution is 2.18. The standard InChI is InChI=1S/C24H23N7/c1-17-13-14-19(18(2)15-17)16-25-31-24-29-22(26-20-9-5-3-6-10-20)28-23(30-24)27-21-11-7-4-8-12-21/h3-16H,1-2H3,(H3,26,27,28,29,30,31)/b25-16-. The van der Waals surface area contributed by atoms with Gasteiger partial charge in [-0.1, -0.05) is 60.2 Å². The van der Waals surface area contributed by atoms with Gasteiger partial charge in [0.15, 0.2) is 0 Å². The van der Waals surface area contributed by atoms with Crippen LogP contribution in [0, 0.1) is 13.8 Å². The van der Waals surface area contributed by atoms with E-state index < -0.39 is 0 Å². The second-order valence-corrected chi connectivity index (χ2v) is 7.02. The Kier molecular flexibility index (Phi) is 6.13. The molecule has 1 heterocycles. The number of rotatable bonds is 7. The highest BCUT2D eigenvalue weighted by Gasteiger charge is 2.07. The Morgan fingerprint density at radius 3 is 1.77 bits per heavy atom. The van der Waals surface area contributed by atoms with Crippen molar-refractivity contribution in [1.82, 2.24) is 15.0 Å². The van der Waals surface area contributed by atoms with Crippen LogP contribution in [0.2, 0.25) is 0 Å². The first-order valence-electron chi connectivity index (χ1n) is 9.92. The van der Waals surface area contributed by atoms with Gasteiger partial charge in [-0.05, 0) is 49.2 Å². The van der Waals surface area contributed by atoms with E-state index in [4.69, 9.17) is 0 Å². The van der Waals surface area contributed by atoms with Crippen LogP contribution in [0.1, 0.15) is 16.7 Å². The summed E-state index contributed by atoms with van der Waals surface area (Å²) in [6, 6.07) is 25.7. The minimum absolute atomic E-state index is 0.327. The summed E-state index contributed by atoms with van der Waals surface area (Å²) < 4.78 is 0. The molecule has 4 aromatic rings. The van der Waals surface area contributed by atoms with Crippen molar-refractivity contribution in [1.29, 1.82) is 0 Å². The lowest BCUT2D eigenvalue weighted by atomic mass is 10.1. The van der Waals surface area contributed by atoms with E-state index in [1.807, 2.05) is 66.7 Å². The average molecular weight is 409 g/mol. The predicted octanol–water partition coefficient (Wildman–Crippen LogP) is 5.42. The molecule has 0 amide bonds. The quantitative estimate of drug-likeness (QED) is 0.279. The lowest BCUT2D eigenvalue weighted by Crippen LogP contribution is -2.07. The van der Waals surface area contributed by atoms with Gasteiger partial charge in [-0.2, -0.15) is 20.1 Å². The fourth-order valence-electron chi connectivity index (χ4n) is 2.97. The summed E-state index contributed by atoms with van der Waals surface area (Å²) in [5.74, 6) is 1.14. The minimum atomic E-state index is 0.327. The number of hydrogen-bond acceptors (Lipinski definition) is 7. The molecule has 0 fully saturated rings. The number of hydrazone groups is 1. The monoisotopic (exact) mass is 409 g/mol. The van der Waals surface area contributed by atoms with Crippen LogP contribution in [0.15, 0.2) is 84.0 Å². The third kappa shape index (κ3) is 5.63. The number of nitrogens with zero attached hydrogens (tertiary/aromatic N) is 4. The molecule has 0 aliphatic heterocycles. The summed E-state index contributed by atoms with van der Waals surface area (Å²) in [6.07, 6.45) is 1.76. The Balaban J connectivity index is 1.58. The number of para-hydroxylation sites is 2. The molecular weight excluding hydrogens is 386 g/mol. The predicted molar refractivity (Wildman–Crippen MR) is 126 cm³/mol. The van der Waals surface area contributed by atoms with Gasteiger partial charge in [0.1, 0.15) is 0 Å². The molecule has 0 saturated carbocycles. The Morgan fingerprint density at radius 1 is 0.677 bits per heavy atom. The van der Waals surface area contributed by atoms with Gasteiger partial charge in [-0.25, -0.2) is 5.43 Å². The molecule has 31 heavy (non-hydrogen) atoms. The van der Waals surface area contributed by atoms with Gasteiger partial charge in [0.2, 0.25) is 17.8 Å². The summed E-state index contributed by atoms with van der Waals surface area (Å²) in [5.41, 5.74) is 8.07. The van der Waals surface area contributed by atoms with Crippen molar-refractivity contribution in [3.8, 4) is 0 Å². The van der Waals surface area contributed by atoms with Gasteiger partial charge in [0.05, 0.1) is 6.21 Å². The smallest absolute Gasteiger partial charge is 0.250 e. The van der Waals surface area contributed by atoms with Crippen LogP contribution < -0.4 is 16.1 Å². The summed E-state index contributed by atoms with van der Waals surface area (Å²) in [7, 11) is 0. The molecule has 3 N–H and O–H groups in total. The zero-order valence-corrected chi connectivity index (χ0v) is 17.4. The van der Waals surface area contributed by atoms with Gasteiger partial charge in [-0.15, -0.1) is 0 Å². The van der Waals surface area contributed by atoms with Gasteiger partial charge >= 0.3 is 0 Å². The molecule has 7 nitrogen and oxygen atoms in total. The van der Waals surface area contributed by atoms with E-state index in [-0.39, 0.29) is 0 Å². The van der Waals surface area contributed by atoms with Gasteiger partial charge < -0.3 is 10.6 Å². The fourth-order valence-corrected chi connectivity index (χ4v) is 2.97. The van der Waals surface area contributed by atoms with Crippen LogP contribution in [0.4, 0.5) is 29.2 Å². The molecule has 0 bridgehead atoms. The Labute approximate surface area is 181 Å². The third-order valence-electron chi connectivity index (χ3n) is 4.49. The van der Waals surface area contributed by atoms with Crippen LogP contribution in [0.25, 0.3) is 0 Å². The average Bonchev–Trinajstić information content (AvgIpc) is 2.77. The number of benzene rings is 3. The molecule has 7 heteroatoms. The van der Waals surface area contributed by atoms with Gasteiger partial charge in [-0.3, -0.25) is 0 Å². The van der Waals surface area contributed by atoms with Crippen molar-refractivity contribution in [3.05, 3.63) is 95.6 Å². The fraction of sp³-hybridized carbons (Fsp3) is 0.0833. The van der Waals surface area contributed by atoms with Crippen molar-refractivity contribution in [2.24, 2.45) is 5.10 Å². The molecule has 154 valence electrons. The van der Waals surface area contributed by atoms with Crippen LogP contribution in [0.5, 0.6) is 0 Å². The second kappa shape index (κ2) is 9.49. The Hall–Kier alpha value is -4.26. The molecule has 0 atom stereocenters. The van der Waals surface area contributed by atoms with Crippen LogP contribution in [-0.4, -0.2) is 21.2 Å². The molecule has 0 aliphatic carbocycles. The molecule has 4 rings (SSSR count). The maximum atomic E-state index is 4.48. The summed E-state index contributed by atoms with van der Waals surface area (Å²) in [6.45, 7) is 4.13. The lowest BCUT2D eigenvalue weighted by Gasteiger charge is -2.10. The van der Waals surface area contributed by atoms with Gasteiger partial charge in [0, 0.05) is 11.4 Å². The molecule has 0 aliphatic rings. The molecule has 0 spiro atoms. The number of anilines is 5. The number of nitrogens with one attached hydrogen (secondary N) is 3. The van der Waals surface area contributed by atoms with Gasteiger partial charge in [0.25, 0.3) is 0 Å². The summed E-state index contributed by atoms with van der Waals surface area (Å²) in [4.78, 5) is 13.4. The first-order valence-corrected chi connectivity index (χ1v) is 9.92. The molecule has 0 unspecified atom stereocenters. The zero-order chi connectivity index (χ0) is 21.5. The van der Waals surface area contributed by atoms with Crippen molar-refractivity contribution in [2.75, 3.05) is 16.1 Å². The van der Waals surface area contributed by atoms with Crippen LogP contribution >= 0.6 is 0 Å². The van der Waals surface area contributed by atoms with E-state index in [1.165, 1.54) is 5.56 Å². The SMILES string of the molecule is Cc1ccc(/C=N\Nc2nc(Nc3ccccc3)nc(Nc3ccccc3)n2)c(C)c1. The van der Waals surface area contributed by atoms with Crippen LogP contribution in [0.3, 0.4) is 0 Å². The van der Waals surface area contributed by atoms with E-state index in [9.17, 15) is 0 Å². The Morgan fingerprint density at radius 2 is 1.23 bits per heavy atom. The first-order chi connectivity index (χ1) is 15.2. The Bertz CT molecular complexity index is 1120. The summed E-state index contributed by atoms with van der Waals surface area (Å²) >= 11 is 0. The molecule has 1 aromatic heterocycles. The van der Waals surface area contributed by atoms with Crippen molar-refractivity contribution in [2.45, 2.75) is 13.8 Å². The topological polar surface area (TPSA) is 87.1 Å². The second-order valence-electron chi connectivity index (χ2n) is 7.02. The van der Waals surface area contributed by atoms with E-state index >= 15 is 0 Å². The van der Waals surface area contributed by atoms with E-state index in [1.54, 1.807) is 6.21 Å². The normalized spacial score (nSPS) is 10.8. The number of aryl methyl sites for hydroxylation is 2. The van der Waals surface area contributed by atoms with Crippen molar-refractivity contribution >= 4 is 35.4 Å². The number of hydrogen-bond donors (Lipinski definition) is 3. The summed E-state index contributed by atoms with van der Waals surface area (Å²) in [5, 5.41) is 10.7. The van der Waals surface area contributed by atoms with Crippen LogP contribution in [-0.2, 0) is 0 Å². The maximum absolute atomic E-state index is 4.48. The highest BCUT2D eigenvalue weighted by molar-refractivity contribution is 5.82. The molecule has 0 saturated heterocycles. The molecule has 3 aromatic carbocycles. The highest BCUT2D eigenvalue weighted by atomic mass is 15.4. The maximum Gasteiger partial charge on any atom is 0.250 e. The molecular formula is C24H23N7. The third-order valence-corrected chi connectivity index (χ3v) is 4.49. The van der Waals surface area contributed by atoms with Crippen molar-refractivity contribution < 1.29 is 0 Å². The van der Waals surface area contributed by atoms with E-state index in [0.717, 1.165) is 22.5 Å². The first kappa shape index (κ1) is 20.0. The minimum Gasteiger partial charge on any atom is -0.324 e. The lowest BCUT2D eigenvalue weighted by molar-refractivity contribution is 1.04. The van der Waals surface area contributed by atoms with E-state index in [2.05, 4.69) is 62.1 Å². The van der Waals surface area contributed by atoms with Crippen molar-refractivity contribution in [3.63, 3.8) is 0 Å². The zero-order valence-electron chi connectivity index (χ0n) is 17.4.